The Morgan fingerprint density at radius 1 is 0.652 bits per heavy atom. The molecule has 20 N–H and O–H groups in total. The Kier molecular flexibility index (Phi) is 27.8. The lowest BCUT2D eigenvalue weighted by molar-refractivity contribution is -0.139. The molecule has 0 radical (unpaired) electrons. The SMILES string of the molecule is CN=C(N)NCCC[C@H](NC(=O)[C@H](CC1CC1)NC(=O)CNC(=O)[C@H](CC1CCCCC1)NC(=O)[C@@H](NC(=O)[C@H](CC(N)=O)NC(=O)[C@H](CCC(=O)O)NC(=O)[C@@H](Cc1ccc(O)cc1)NC(C)=O)[C@@H](C)O)C(=O)N[C@@H](Cc1c[nH]c2c1CCC=C2)C(N)=O. The van der Waals surface area contributed by atoms with Crippen LogP contribution in [0.4, 0.5) is 0 Å². The Labute approximate surface area is 515 Å². The molecule has 1 aromatic carbocycles. The predicted octanol–water partition coefficient (Wildman–Crippen LogP) is -2.83. The molecule has 0 saturated heterocycles. The number of benzene rings is 1. The van der Waals surface area contributed by atoms with E-state index in [2.05, 4.69) is 63.1 Å². The molecule has 1 aromatic heterocycles. The van der Waals surface area contributed by atoms with Crippen molar-refractivity contribution in [2.45, 2.75) is 184 Å². The van der Waals surface area contributed by atoms with Crippen LogP contribution in [-0.4, -0.2) is 172 Å². The predicted molar refractivity (Wildman–Crippen MR) is 323 cm³/mol. The molecule has 0 aliphatic heterocycles. The summed E-state index contributed by atoms with van der Waals surface area (Å²) in [5.41, 5.74) is 20.3. The van der Waals surface area contributed by atoms with E-state index in [1.54, 1.807) is 6.20 Å². The van der Waals surface area contributed by atoms with Gasteiger partial charge in [0.1, 0.15) is 54.1 Å². The van der Waals surface area contributed by atoms with E-state index in [1.807, 2.05) is 12.2 Å². The number of guanidine groups is 1. The highest BCUT2D eigenvalue weighted by Gasteiger charge is 2.38. The van der Waals surface area contributed by atoms with Gasteiger partial charge >= 0.3 is 5.97 Å². The number of aliphatic imine (C=N–C) groups is 1. The van der Waals surface area contributed by atoms with Crippen molar-refractivity contribution in [3.05, 3.63) is 58.9 Å². The molecule has 1 heterocycles. The number of aliphatic carboxylic acids is 1. The summed E-state index contributed by atoms with van der Waals surface area (Å²) in [4.78, 5) is 168. The topological polar surface area (TPSA) is 492 Å². The smallest absolute Gasteiger partial charge is 0.303 e. The monoisotopic (exact) mass is 1250 g/mol. The molecule has 11 amide bonds. The number of allylic oxidation sites excluding steroid dienone is 1. The van der Waals surface area contributed by atoms with Gasteiger partial charge < -0.3 is 90.7 Å². The number of H-pyrrole nitrogens is 1. The van der Waals surface area contributed by atoms with Crippen LogP contribution in [0.2, 0.25) is 0 Å². The number of hydrogen-bond acceptors (Lipinski definition) is 15. The third-order valence-corrected chi connectivity index (χ3v) is 15.6. The zero-order valence-electron chi connectivity index (χ0n) is 50.5. The van der Waals surface area contributed by atoms with Crippen LogP contribution in [0, 0.1) is 11.8 Å². The second-order valence-electron chi connectivity index (χ2n) is 22.9. The number of aromatic amines is 1. The Morgan fingerprint density at radius 3 is 1.82 bits per heavy atom. The largest absolute Gasteiger partial charge is 0.508 e. The number of carboxylic acids is 1. The number of nitrogens with one attached hydrogen (secondary N) is 11. The third-order valence-electron chi connectivity index (χ3n) is 15.6. The molecule has 0 bridgehead atoms. The number of fused-ring (bicyclic) bond motifs is 1. The van der Waals surface area contributed by atoms with Crippen molar-refractivity contribution in [2.24, 2.45) is 34.0 Å². The van der Waals surface area contributed by atoms with Crippen LogP contribution < -0.4 is 70.4 Å². The number of aromatic nitrogens is 1. The van der Waals surface area contributed by atoms with Crippen LogP contribution in [0.5, 0.6) is 5.75 Å². The number of phenols is 1. The number of primary amides is 2. The van der Waals surface area contributed by atoms with Gasteiger partial charge in [-0.2, -0.15) is 0 Å². The average Bonchev–Trinajstić information content (AvgIpc) is 2.95. The first kappa shape index (κ1) is 70.7. The van der Waals surface area contributed by atoms with Crippen LogP contribution in [-0.2, 0) is 76.8 Å². The van der Waals surface area contributed by atoms with E-state index >= 15 is 0 Å². The van der Waals surface area contributed by atoms with Crippen molar-refractivity contribution in [1.82, 2.24) is 58.2 Å². The summed E-state index contributed by atoms with van der Waals surface area (Å²) >= 11 is 0. The van der Waals surface area contributed by atoms with Crippen molar-refractivity contribution in [3.8, 4) is 5.75 Å². The third kappa shape index (κ3) is 24.2. The molecular formula is C59H87N15O15. The highest BCUT2D eigenvalue weighted by atomic mass is 16.4. The Hall–Kier alpha value is -9.09. The van der Waals surface area contributed by atoms with Crippen molar-refractivity contribution < 1.29 is 72.9 Å². The summed E-state index contributed by atoms with van der Waals surface area (Å²) in [6.45, 7) is 1.85. The molecule has 3 aliphatic rings. The van der Waals surface area contributed by atoms with Gasteiger partial charge in [-0.15, -0.1) is 0 Å². The number of nitrogens with zero attached hydrogens (tertiary/aromatic N) is 1. The van der Waals surface area contributed by atoms with Crippen molar-refractivity contribution in [3.63, 3.8) is 0 Å². The number of aliphatic hydroxyl groups is 1. The normalized spacial score (nSPS) is 16.9. The maximum Gasteiger partial charge on any atom is 0.303 e. The molecule has 9 atom stereocenters. The van der Waals surface area contributed by atoms with Crippen molar-refractivity contribution in [2.75, 3.05) is 20.1 Å². The first-order chi connectivity index (χ1) is 42.3. The minimum absolute atomic E-state index is 0.0574. The molecule has 0 unspecified atom stereocenters. The van der Waals surface area contributed by atoms with Gasteiger partial charge in [-0.3, -0.25) is 62.5 Å². The molecule has 89 heavy (non-hydrogen) atoms. The van der Waals surface area contributed by atoms with Gasteiger partial charge in [0.25, 0.3) is 0 Å². The number of carboxylic acid groups (broad SMARTS) is 1. The number of phenolic OH excluding ortho intramolecular Hbond substituents is 1. The van der Waals surface area contributed by atoms with Crippen LogP contribution >= 0.6 is 0 Å². The maximum atomic E-state index is 14.2. The lowest BCUT2D eigenvalue weighted by Gasteiger charge is -2.29. The minimum Gasteiger partial charge on any atom is -0.508 e. The number of carbonyl (C=O) groups excluding carboxylic acids is 11. The number of aliphatic hydroxyl groups excluding tert-OH is 1. The molecule has 30 nitrogen and oxygen atoms in total. The van der Waals surface area contributed by atoms with Gasteiger partial charge in [-0.1, -0.05) is 63.2 Å². The van der Waals surface area contributed by atoms with Crippen LogP contribution in [0.15, 0.2) is 41.5 Å². The molecule has 2 saturated carbocycles. The summed E-state index contributed by atoms with van der Waals surface area (Å²) in [6.07, 6.45) is 9.49. The molecule has 3 aliphatic carbocycles. The fourth-order valence-corrected chi connectivity index (χ4v) is 10.6. The summed E-state index contributed by atoms with van der Waals surface area (Å²) in [5.74, 6) is -11.4. The summed E-state index contributed by atoms with van der Waals surface area (Å²) in [6, 6.07) is -6.03. The van der Waals surface area contributed by atoms with Crippen LogP contribution in [0.1, 0.15) is 133 Å². The van der Waals surface area contributed by atoms with E-state index in [0.717, 1.165) is 75.6 Å². The zero-order valence-corrected chi connectivity index (χ0v) is 50.5. The number of aromatic hydroxyl groups is 1. The fraction of sp³-hybridized carbons (Fsp3) is 0.576. The molecule has 5 rings (SSSR count). The molecule has 2 fully saturated rings. The molecule has 30 heteroatoms. The second kappa shape index (κ2) is 35.0. The van der Waals surface area contributed by atoms with Gasteiger partial charge in [0.2, 0.25) is 65.0 Å². The minimum atomic E-state index is -1.89. The first-order valence-corrected chi connectivity index (χ1v) is 30.0. The lowest BCUT2D eigenvalue weighted by atomic mass is 9.84. The maximum absolute atomic E-state index is 14.2. The lowest BCUT2D eigenvalue weighted by Crippen LogP contribution is -2.61. The van der Waals surface area contributed by atoms with E-state index in [1.165, 1.54) is 31.3 Å². The van der Waals surface area contributed by atoms with E-state index < -0.39 is 151 Å². The highest BCUT2D eigenvalue weighted by Crippen LogP contribution is 2.34. The fourth-order valence-electron chi connectivity index (χ4n) is 10.6. The summed E-state index contributed by atoms with van der Waals surface area (Å²) in [5, 5.41) is 55.7. The molecule has 0 spiro atoms. The van der Waals surface area contributed by atoms with Crippen LogP contribution in [0.3, 0.4) is 0 Å². The Balaban J connectivity index is 1.27. The van der Waals surface area contributed by atoms with Gasteiger partial charge in [0, 0.05) is 51.7 Å². The van der Waals surface area contributed by atoms with E-state index in [9.17, 15) is 72.9 Å². The van der Waals surface area contributed by atoms with E-state index in [0.29, 0.717) is 24.8 Å². The van der Waals surface area contributed by atoms with E-state index in [4.69, 9.17) is 17.2 Å². The zero-order chi connectivity index (χ0) is 65.3. The van der Waals surface area contributed by atoms with Gasteiger partial charge in [-0.25, -0.2) is 0 Å². The number of nitrogens with two attached hydrogens (primary N) is 3. The van der Waals surface area contributed by atoms with Gasteiger partial charge in [-0.05, 0) is 98.6 Å². The molecule has 488 valence electrons. The number of carbonyl (C=O) groups is 12. The second-order valence-corrected chi connectivity index (χ2v) is 22.9. The Bertz CT molecular complexity index is 2900. The van der Waals surface area contributed by atoms with E-state index in [-0.39, 0.29) is 62.2 Å². The van der Waals surface area contributed by atoms with Gasteiger partial charge in [0.15, 0.2) is 5.96 Å². The summed E-state index contributed by atoms with van der Waals surface area (Å²) in [7, 11) is 1.49. The standard InChI is InChI=1S/C59H87N15O15/c1-31(75)50(74-57(88)46(28-47(60)78)72-54(85)41(21-22-49(80)81)70-55(86)44(67-32(2)76)25-35-17-19-37(77)20-18-35)58(89)73-43(24-33-10-5-4-6-11-33)52(83)66-30-48(79)68-45(26-34-15-16-34)56(87)69-40(14-9-23-64-59(62)63-3)53(84)71-42(51(61)82)27-36-29-65-39-13-8-7-12-38(36)39/h8,13,17-20,29,31,33-34,40-46,50,65,75,77H,4-7,9-12,14-16,21-28,30H2,1-3H3,(H2,60,78)(H2,61,82)(H,66,83)(H,67,76)(H,68,79)(H,69,87)(H,70,86)(H,71,84)(H,72,85)(H,73,89)(H,74,88)(H,80,81)(H3,62,63,64)/t31-,40+,41+,42+,43+,44-,45+,46+,50+/m1/s1. The van der Waals surface area contributed by atoms with Gasteiger partial charge in [0.05, 0.1) is 19.1 Å². The molecular weight excluding hydrogens is 1160 g/mol. The number of amides is 11. The van der Waals surface area contributed by atoms with Crippen LogP contribution in [0.25, 0.3) is 6.08 Å². The molecule has 2 aromatic rings. The summed E-state index contributed by atoms with van der Waals surface area (Å²) < 4.78 is 0. The quantitative estimate of drug-likeness (QED) is 0.0186. The van der Waals surface area contributed by atoms with Crippen molar-refractivity contribution in [1.29, 1.82) is 0 Å². The Morgan fingerprint density at radius 2 is 1.22 bits per heavy atom. The number of hydrogen-bond donors (Lipinski definition) is 17. The number of rotatable bonds is 36. The highest BCUT2D eigenvalue weighted by molar-refractivity contribution is 5.99. The first-order valence-electron chi connectivity index (χ1n) is 30.0. The van der Waals surface area contributed by atoms with Crippen molar-refractivity contribution >= 4 is 83.0 Å². The average molecular weight is 1250 g/mol.